The van der Waals surface area contributed by atoms with Crippen molar-refractivity contribution in [3.05, 3.63) is 53.8 Å². The van der Waals surface area contributed by atoms with Gasteiger partial charge in [-0.3, -0.25) is 4.79 Å². The highest BCUT2D eigenvalue weighted by molar-refractivity contribution is 7.89. The average molecular weight is 406 g/mol. The van der Waals surface area contributed by atoms with Gasteiger partial charge >= 0.3 is 0 Å². The van der Waals surface area contributed by atoms with Crippen LogP contribution in [0.15, 0.2) is 47.4 Å². The summed E-state index contributed by atoms with van der Waals surface area (Å²) in [5.74, 6) is -0.665. The van der Waals surface area contributed by atoms with E-state index in [2.05, 4.69) is 5.32 Å². The van der Waals surface area contributed by atoms with Gasteiger partial charge in [0.2, 0.25) is 15.9 Å². The van der Waals surface area contributed by atoms with Crippen LogP contribution in [0.4, 0.5) is 10.1 Å². The summed E-state index contributed by atoms with van der Waals surface area (Å²) in [6.07, 6.45) is 1.16. The normalized spacial score (nSPS) is 17.9. The van der Waals surface area contributed by atoms with E-state index in [1.807, 2.05) is 0 Å². The zero-order valence-corrected chi connectivity index (χ0v) is 16.6. The van der Waals surface area contributed by atoms with Crippen molar-refractivity contribution >= 4 is 21.6 Å². The quantitative estimate of drug-likeness (QED) is 0.828. The average Bonchev–Trinajstić information content (AvgIpc) is 2.71. The van der Waals surface area contributed by atoms with Gasteiger partial charge in [-0.05, 0) is 61.7 Å². The molecule has 1 heterocycles. The van der Waals surface area contributed by atoms with E-state index in [1.54, 1.807) is 25.1 Å². The second-order valence-electron chi connectivity index (χ2n) is 6.83. The number of rotatable bonds is 5. The Labute approximate surface area is 164 Å². The van der Waals surface area contributed by atoms with Gasteiger partial charge in [-0.15, -0.1) is 0 Å². The summed E-state index contributed by atoms with van der Waals surface area (Å²) < 4.78 is 45.7. The van der Waals surface area contributed by atoms with Crippen molar-refractivity contribution in [2.24, 2.45) is 5.92 Å². The second kappa shape index (κ2) is 8.28. The van der Waals surface area contributed by atoms with Gasteiger partial charge in [0.15, 0.2) is 0 Å². The third-order valence-corrected chi connectivity index (χ3v) is 6.79. The number of anilines is 1. The highest BCUT2D eigenvalue weighted by Gasteiger charge is 2.33. The molecule has 8 heteroatoms. The summed E-state index contributed by atoms with van der Waals surface area (Å²) in [5, 5.41) is 2.73. The maximum absolute atomic E-state index is 13.5. The van der Waals surface area contributed by atoms with Crippen LogP contribution < -0.4 is 10.1 Å². The number of nitrogens with one attached hydrogen (secondary N) is 1. The lowest BCUT2D eigenvalue weighted by atomic mass is 9.98. The molecule has 1 atom stereocenters. The number of amides is 1. The standard InChI is InChI=1S/C20H23FN2O4S/c1-14-5-6-16(21)12-19(14)22-20(24)15-4-3-11-23(13-15)28(25,26)18-9-7-17(27-2)8-10-18/h5-10,12,15H,3-4,11,13H2,1-2H3,(H,22,24)/t15-/m0/s1. The summed E-state index contributed by atoms with van der Waals surface area (Å²) >= 11 is 0. The van der Waals surface area contributed by atoms with Gasteiger partial charge in [0, 0.05) is 18.8 Å². The van der Waals surface area contributed by atoms with E-state index < -0.39 is 21.8 Å². The first kappa shape index (κ1) is 20.3. The van der Waals surface area contributed by atoms with Crippen molar-refractivity contribution in [3.8, 4) is 5.75 Å². The molecule has 2 aromatic rings. The number of hydrogen-bond acceptors (Lipinski definition) is 4. The molecule has 6 nitrogen and oxygen atoms in total. The number of benzene rings is 2. The van der Waals surface area contributed by atoms with Gasteiger partial charge in [0.05, 0.1) is 17.9 Å². The van der Waals surface area contributed by atoms with Gasteiger partial charge in [0.25, 0.3) is 0 Å². The van der Waals surface area contributed by atoms with Crippen LogP contribution in [0.25, 0.3) is 0 Å². The van der Waals surface area contributed by atoms with Crippen molar-refractivity contribution in [1.29, 1.82) is 0 Å². The molecule has 0 aromatic heterocycles. The molecule has 1 saturated heterocycles. The van der Waals surface area contributed by atoms with E-state index in [1.165, 1.54) is 35.7 Å². The lowest BCUT2D eigenvalue weighted by Crippen LogP contribution is -2.43. The predicted molar refractivity (Wildman–Crippen MR) is 104 cm³/mol. The molecule has 1 aliphatic rings. The van der Waals surface area contributed by atoms with E-state index in [0.717, 1.165) is 5.56 Å². The van der Waals surface area contributed by atoms with Gasteiger partial charge in [0.1, 0.15) is 11.6 Å². The lowest BCUT2D eigenvalue weighted by molar-refractivity contribution is -0.120. The van der Waals surface area contributed by atoms with Crippen molar-refractivity contribution < 1.29 is 22.3 Å². The van der Waals surface area contributed by atoms with Gasteiger partial charge < -0.3 is 10.1 Å². The number of nitrogens with zero attached hydrogens (tertiary/aromatic N) is 1. The Morgan fingerprint density at radius 2 is 1.93 bits per heavy atom. The molecule has 0 spiro atoms. The number of piperidine rings is 1. The predicted octanol–water partition coefficient (Wildman–Crippen LogP) is 3.18. The molecule has 1 aliphatic heterocycles. The van der Waals surface area contributed by atoms with Gasteiger partial charge in [-0.1, -0.05) is 6.07 Å². The fraction of sp³-hybridized carbons (Fsp3) is 0.350. The topological polar surface area (TPSA) is 75.7 Å². The third kappa shape index (κ3) is 4.34. The van der Waals surface area contributed by atoms with Crippen LogP contribution >= 0.6 is 0 Å². The summed E-state index contributed by atoms with van der Waals surface area (Å²) in [5.41, 5.74) is 1.15. The molecular weight excluding hydrogens is 383 g/mol. The maximum Gasteiger partial charge on any atom is 0.243 e. The number of aryl methyl sites for hydroxylation is 1. The molecule has 1 N–H and O–H groups in total. The molecule has 0 radical (unpaired) electrons. The number of methoxy groups -OCH3 is 1. The highest BCUT2D eigenvalue weighted by Crippen LogP contribution is 2.26. The first-order valence-electron chi connectivity index (χ1n) is 9.02. The SMILES string of the molecule is COc1ccc(S(=O)(=O)N2CCC[C@H](C(=O)Nc3cc(F)ccc3C)C2)cc1. The smallest absolute Gasteiger partial charge is 0.243 e. The largest absolute Gasteiger partial charge is 0.497 e. The Morgan fingerprint density at radius 1 is 1.21 bits per heavy atom. The Bertz CT molecular complexity index is 961. The summed E-state index contributed by atoms with van der Waals surface area (Å²) in [6.45, 7) is 2.22. The van der Waals surface area contributed by atoms with E-state index in [9.17, 15) is 17.6 Å². The molecular formula is C20H23FN2O4S. The monoisotopic (exact) mass is 406 g/mol. The lowest BCUT2D eigenvalue weighted by Gasteiger charge is -2.31. The van der Waals surface area contributed by atoms with Crippen molar-refractivity contribution in [3.63, 3.8) is 0 Å². The number of hydrogen-bond donors (Lipinski definition) is 1. The van der Waals surface area contributed by atoms with E-state index in [-0.39, 0.29) is 17.3 Å². The minimum atomic E-state index is -3.70. The molecule has 1 amide bonds. The van der Waals surface area contributed by atoms with E-state index >= 15 is 0 Å². The number of halogens is 1. The van der Waals surface area contributed by atoms with Crippen molar-refractivity contribution in [1.82, 2.24) is 4.31 Å². The first-order valence-corrected chi connectivity index (χ1v) is 10.5. The summed E-state index contributed by atoms with van der Waals surface area (Å²) in [7, 11) is -2.19. The van der Waals surface area contributed by atoms with Crippen LogP contribution in [-0.4, -0.2) is 38.8 Å². The first-order chi connectivity index (χ1) is 13.3. The van der Waals surface area contributed by atoms with Crippen LogP contribution in [0.2, 0.25) is 0 Å². The highest BCUT2D eigenvalue weighted by atomic mass is 32.2. The molecule has 1 fully saturated rings. The Balaban J connectivity index is 1.73. The zero-order valence-electron chi connectivity index (χ0n) is 15.8. The molecule has 0 saturated carbocycles. The third-order valence-electron chi connectivity index (χ3n) is 4.91. The second-order valence-corrected chi connectivity index (χ2v) is 8.76. The molecule has 0 bridgehead atoms. The van der Waals surface area contributed by atoms with Crippen LogP contribution in [0.1, 0.15) is 18.4 Å². The molecule has 0 unspecified atom stereocenters. The minimum absolute atomic E-state index is 0.0918. The number of sulfonamides is 1. The number of carbonyl (C=O) groups is 1. The van der Waals surface area contributed by atoms with Crippen molar-refractivity contribution in [2.45, 2.75) is 24.7 Å². The summed E-state index contributed by atoms with van der Waals surface area (Å²) in [6, 6.07) is 10.4. The Morgan fingerprint density at radius 3 is 2.61 bits per heavy atom. The van der Waals surface area contributed by atoms with Crippen molar-refractivity contribution in [2.75, 3.05) is 25.5 Å². The molecule has 0 aliphatic carbocycles. The van der Waals surface area contributed by atoms with Crippen LogP contribution in [0, 0.1) is 18.7 Å². The maximum atomic E-state index is 13.5. The van der Waals surface area contributed by atoms with Gasteiger partial charge in [-0.2, -0.15) is 4.31 Å². The van der Waals surface area contributed by atoms with Gasteiger partial charge in [-0.25, -0.2) is 12.8 Å². The molecule has 28 heavy (non-hydrogen) atoms. The van der Waals surface area contributed by atoms with Crippen LogP contribution in [0.5, 0.6) is 5.75 Å². The van der Waals surface area contributed by atoms with E-state index in [0.29, 0.717) is 30.8 Å². The molecule has 2 aromatic carbocycles. The molecule has 150 valence electrons. The van der Waals surface area contributed by atoms with Crippen LogP contribution in [0.3, 0.4) is 0 Å². The summed E-state index contributed by atoms with van der Waals surface area (Å²) in [4.78, 5) is 12.8. The minimum Gasteiger partial charge on any atom is -0.497 e. The Kier molecular flexibility index (Phi) is 6.00. The van der Waals surface area contributed by atoms with Crippen LogP contribution in [-0.2, 0) is 14.8 Å². The Hall–Kier alpha value is -2.45. The number of carbonyl (C=O) groups excluding carboxylic acids is 1. The molecule has 3 rings (SSSR count). The zero-order chi connectivity index (χ0) is 20.3. The fourth-order valence-electron chi connectivity index (χ4n) is 3.24. The number of ether oxygens (including phenoxy) is 1. The van der Waals surface area contributed by atoms with E-state index in [4.69, 9.17) is 4.74 Å². The fourth-order valence-corrected chi connectivity index (χ4v) is 4.76.